The van der Waals surface area contributed by atoms with E-state index in [1.54, 1.807) is 61.4 Å². The first-order chi connectivity index (χ1) is 14.4. The van der Waals surface area contributed by atoms with Crippen LogP contribution in [0.25, 0.3) is 0 Å². The summed E-state index contributed by atoms with van der Waals surface area (Å²) < 4.78 is 11.6. The third kappa shape index (κ3) is 2.05. The van der Waals surface area contributed by atoms with E-state index in [0.29, 0.717) is 5.76 Å². The summed E-state index contributed by atoms with van der Waals surface area (Å²) in [4.78, 5) is 42.8. The van der Waals surface area contributed by atoms with Gasteiger partial charge in [-0.25, -0.2) is 4.79 Å². The third-order valence-electron chi connectivity index (χ3n) is 6.91. The lowest BCUT2D eigenvalue weighted by Gasteiger charge is -2.72. The van der Waals surface area contributed by atoms with Crippen molar-refractivity contribution >= 4 is 17.8 Å². The summed E-state index contributed by atoms with van der Waals surface area (Å²) >= 11 is 0. The summed E-state index contributed by atoms with van der Waals surface area (Å²) in [6.45, 7) is 5.87. The summed E-state index contributed by atoms with van der Waals surface area (Å²) in [6, 6.07) is 6.77. The molecule has 2 aliphatic heterocycles. The molecule has 1 spiro atoms. The molecular formula is C23H22N2O5. The van der Waals surface area contributed by atoms with Gasteiger partial charge in [-0.2, -0.15) is 4.90 Å². The summed E-state index contributed by atoms with van der Waals surface area (Å²) in [6.07, 6.45) is 7.17. The van der Waals surface area contributed by atoms with E-state index in [9.17, 15) is 14.4 Å². The van der Waals surface area contributed by atoms with E-state index in [1.165, 1.54) is 0 Å². The van der Waals surface area contributed by atoms with Gasteiger partial charge in [0.15, 0.2) is 0 Å². The summed E-state index contributed by atoms with van der Waals surface area (Å²) in [5, 5.41) is 0. The third-order valence-corrected chi connectivity index (χ3v) is 6.91. The van der Waals surface area contributed by atoms with E-state index < -0.39 is 40.9 Å². The Kier molecular flexibility index (Phi) is 3.86. The summed E-state index contributed by atoms with van der Waals surface area (Å²) in [5.41, 5.74) is -1.56. The van der Waals surface area contributed by atoms with Crippen molar-refractivity contribution < 1.29 is 23.9 Å². The molecule has 4 amide bonds. The van der Waals surface area contributed by atoms with Gasteiger partial charge in [0.25, 0.3) is 5.91 Å². The second kappa shape index (κ2) is 6.15. The number of hydrogen-bond donors (Lipinski definition) is 0. The van der Waals surface area contributed by atoms with E-state index in [1.807, 2.05) is 12.2 Å². The number of hydrogen-bond acceptors (Lipinski definition) is 5. The largest absolute Gasteiger partial charge is 0.497 e. The first-order valence-corrected chi connectivity index (χ1v) is 9.88. The van der Waals surface area contributed by atoms with Gasteiger partial charge in [-0.3, -0.25) is 9.59 Å². The number of imide groups is 3. The average Bonchev–Trinajstić information content (AvgIpc) is 2.77. The van der Waals surface area contributed by atoms with Crippen LogP contribution in [0, 0.1) is 11.3 Å². The maximum atomic E-state index is 13.7. The molecule has 0 radical (unpaired) electrons. The highest BCUT2D eigenvalue weighted by molar-refractivity contribution is 6.19. The fourth-order valence-corrected chi connectivity index (χ4v) is 5.49. The molecule has 4 aliphatic rings. The SMILES string of the molecule is C=CC1CO[C@@]23C=CC(OC)=C[C@H]2[C@@]2(C)C(=O)N(C(=O)c4ccccc4)C(=O)N1[C@@H]32. The van der Waals surface area contributed by atoms with Crippen LogP contribution < -0.4 is 0 Å². The van der Waals surface area contributed by atoms with Gasteiger partial charge >= 0.3 is 6.03 Å². The lowest BCUT2D eigenvalue weighted by atomic mass is 9.44. The number of amides is 4. The molecule has 1 unspecified atom stereocenters. The zero-order valence-corrected chi connectivity index (χ0v) is 16.8. The number of ether oxygens (including phenoxy) is 2. The zero-order chi connectivity index (χ0) is 21.3. The minimum absolute atomic E-state index is 0.236. The fourth-order valence-electron chi connectivity index (χ4n) is 5.49. The number of rotatable bonds is 3. The first-order valence-electron chi connectivity index (χ1n) is 9.88. The Morgan fingerprint density at radius 3 is 2.70 bits per heavy atom. The van der Waals surface area contributed by atoms with Crippen LogP contribution in [-0.4, -0.2) is 59.0 Å². The Bertz CT molecular complexity index is 1030. The molecule has 7 heteroatoms. The van der Waals surface area contributed by atoms with Crippen LogP contribution in [0.5, 0.6) is 0 Å². The summed E-state index contributed by atoms with van der Waals surface area (Å²) in [5.74, 6) is -0.885. The molecule has 0 N–H and O–H groups in total. The van der Waals surface area contributed by atoms with Crippen LogP contribution in [0.1, 0.15) is 17.3 Å². The van der Waals surface area contributed by atoms with Gasteiger partial charge in [0, 0.05) is 11.5 Å². The van der Waals surface area contributed by atoms with Crippen molar-refractivity contribution in [3.8, 4) is 0 Å². The molecule has 1 saturated carbocycles. The minimum atomic E-state index is -1.03. The zero-order valence-electron chi connectivity index (χ0n) is 16.8. The van der Waals surface area contributed by atoms with Crippen molar-refractivity contribution in [2.75, 3.05) is 13.7 Å². The Morgan fingerprint density at radius 2 is 2.03 bits per heavy atom. The molecule has 5 atom stereocenters. The number of urea groups is 1. The van der Waals surface area contributed by atoms with Crippen molar-refractivity contribution in [1.82, 2.24) is 9.80 Å². The highest BCUT2D eigenvalue weighted by atomic mass is 16.5. The van der Waals surface area contributed by atoms with Crippen LogP contribution in [0.4, 0.5) is 4.79 Å². The Hall–Kier alpha value is -3.19. The standard InChI is InChI=1S/C23H22N2O5/c1-4-15-13-30-23-11-10-16(29-3)12-17(23)22(2)19(23)24(15)21(28)25(20(22)27)18(26)14-8-6-5-7-9-14/h4-12,15,17,19H,1,13H2,2-3H3/t15?,17-,19+,22+,23-/m0/s1. The molecular weight excluding hydrogens is 384 g/mol. The number of allylic oxidation sites excluding steroid dienone is 1. The number of carbonyl (C=O) groups excluding carboxylic acids is 3. The number of carbonyl (C=O) groups is 3. The first kappa shape index (κ1) is 18.8. The molecule has 0 bridgehead atoms. The highest BCUT2D eigenvalue weighted by Gasteiger charge is 2.79. The molecule has 0 aromatic heterocycles. The van der Waals surface area contributed by atoms with E-state index in [2.05, 4.69) is 6.58 Å². The maximum absolute atomic E-state index is 13.7. The predicted molar refractivity (Wildman–Crippen MR) is 107 cm³/mol. The molecule has 2 aliphatic carbocycles. The Morgan fingerprint density at radius 1 is 1.30 bits per heavy atom. The molecule has 1 aromatic rings. The number of nitrogens with zero attached hydrogens (tertiary/aromatic N) is 2. The topological polar surface area (TPSA) is 76.1 Å². The van der Waals surface area contributed by atoms with Crippen molar-refractivity contribution in [1.29, 1.82) is 0 Å². The molecule has 1 aromatic carbocycles. The van der Waals surface area contributed by atoms with Crippen molar-refractivity contribution in [3.05, 3.63) is 72.5 Å². The number of fused-ring (bicyclic) bond motifs is 1. The second-order valence-corrected chi connectivity index (χ2v) is 8.24. The minimum Gasteiger partial charge on any atom is -0.497 e. The van der Waals surface area contributed by atoms with Gasteiger partial charge < -0.3 is 14.4 Å². The van der Waals surface area contributed by atoms with Crippen molar-refractivity contribution in [2.24, 2.45) is 11.3 Å². The molecule has 30 heavy (non-hydrogen) atoms. The van der Waals surface area contributed by atoms with E-state index in [4.69, 9.17) is 9.47 Å². The van der Waals surface area contributed by atoms with E-state index in [0.717, 1.165) is 4.90 Å². The van der Waals surface area contributed by atoms with Crippen LogP contribution in [0.15, 0.2) is 67.0 Å². The molecule has 154 valence electrons. The maximum Gasteiger partial charge on any atom is 0.334 e. The van der Waals surface area contributed by atoms with Gasteiger partial charge in [0.1, 0.15) is 11.4 Å². The Labute approximate surface area is 174 Å². The monoisotopic (exact) mass is 406 g/mol. The van der Waals surface area contributed by atoms with Crippen LogP contribution in [-0.2, 0) is 14.3 Å². The van der Waals surface area contributed by atoms with Gasteiger partial charge in [0.05, 0.1) is 31.2 Å². The van der Waals surface area contributed by atoms with Gasteiger partial charge in [-0.05, 0) is 37.3 Å². The van der Waals surface area contributed by atoms with Crippen molar-refractivity contribution in [3.63, 3.8) is 0 Å². The van der Waals surface area contributed by atoms with E-state index in [-0.39, 0.29) is 18.1 Å². The fraction of sp³-hybridized carbons (Fsp3) is 0.348. The molecule has 2 saturated heterocycles. The summed E-state index contributed by atoms with van der Waals surface area (Å²) in [7, 11) is 1.56. The quantitative estimate of drug-likeness (QED) is 0.570. The normalized spacial score (nSPS) is 36.3. The highest BCUT2D eigenvalue weighted by Crippen LogP contribution is 2.65. The lowest BCUT2D eigenvalue weighted by molar-refractivity contribution is -0.270. The molecule has 3 fully saturated rings. The Balaban J connectivity index is 1.65. The molecule has 5 rings (SSSR count). The molecule has 7 nitrogen and oxygen atoms in total. The van der Waals surface area contributed by atoms with Crippen molar-refractivity contribution in [2.45, 2.75) is 24.6 Å². The molecule has 2 heterocycles. The number of benzene rings is 1. The lowest BCUT2D eigenvalue weighted by Crippen LogP contribution is -2.88. The van der Waals surface area contributed by atoms with Crippen LogP contribution in [0.3, 0.4) is 0 Å². The second-order valence-electron chi connectivity index (χ2n) is 8.24. The van der Waals surface area contributed by atoms with Gasteiger partial charge in [0.2, 0.25) is 5.91 Å². The number of methoxy groups -OCH3 is 1. The average molecular weight is 406 g/mol. The van der Waals surface area contributed by atoms with Gasteiger partial charge in [-0.1, -0.05) is 24.3 Å². The smallest absolute Gasteiger partial charge is 0.334 e. The van der Waals surface area contributed by atoms with Gasteiger partial charge in [-0.15, -0.1) is 6.58 Å². The van der Waals surface area contributed by atoms with Crippen LogP contribution in [0.2, 0.25) is 0 Å². The number of morpholine rings is 1. The van der Waals surface area contributed by atoms with E-state index >= 15 is 0 Å². The van der Waals surface area contributed by atoms with Crippen LogP contribution >= 0.6 is 0 Å². The predicted octanol–water partition coefficient (Wildman–Crippen LogP) is 2.52.